The van der Waals surface area contributed by atoms with Gasteiger partial charge in [0.1, 0.15) is 0 Å². The first kappa shape index (κ1) is 8.96. The van der Waals surface area contributed by atoms with E-state index in [4.69, 9.17) is 5.73 Å². The summed E-state index contributed by atoms with van der Waals surface area (Å²) in [5.41, 5.74) is 8.96. The molecule has 4 N–H and O–H groups in total. The van der Waals surface area contributed by atoms with Crippen molar-refractivity contribution < 1.29 is 0 Å². The highest BCUT2D eigenvalue weighted by atomic mass is 15.1. The maximum Gasteiger partial charge on any atom is 0.0525 e. The minimum absolute atomic E-state index is 0.639. The van der Waals surface area contributed by atoms with E-state index in [2.05, 4.69) is 20.4 Å². The van der Waals surface area contributed by atoms with Crippen molar-refractivity contribution in [2.45, 2.75) is 12.8 Å². The van der Waals surface area contributed by atoms with Crippen molar-refractivity contribution >= 4 is 0 Å². The van der Waals surface area contributed by atoms with Gasteiger partial charge in [0.05, 0.1) is 12.4 Å². The van der Waals surface area contributed by atoms with E-state index in [0.717, 1.165) is 24.1 Å². The van der Waals surface area contributed by atoms with Crippen LogP contribution in [0.15, 0.2) is 18.6 Å². The van der Waals surface area contributed by atoms with Gasteiger partial charge in [0.25, 0.3) is 0 Å². The van der Waals surface area contributed by atoms with Gasteiger partial charge in [-0.25, -0.2) is 0 Å². The summed E-state index contributed by atoms with van der Waals surface area (Å²) in [5.74, 6) is 0. The Kier molecular flexibility index (Phi) is 2.60. The number of hydrogen-bond donors (Lipinski definition) is 3. The molecule has 0 radical (unpaired) electrons. The fourth-order valence-corrected chi connectivity index (χ4v) is 1.45. The highest BCUT2D eigenvalue weighted by Gasteiger charge is 2.05. The molecule has 0 saturated carbocycles. The average Bonchev–Trinajstić information content (AvgIpc) is 2.80. The third kappa shape index (κ3) is 1.82. The van der Waals surface area contributed by atoms with Crippen LogP contribution >= 0.6 is 0 Å². The summed E-state index contributed by atoms with van der Waals surface area (Å²) in [7, 11) is 0. The second-order valence-electron chi connectivity index (χ2n) is 3.20. The van der Waals surface area contributed by atoms with E-state index in [1.165, 1.54) is 5.56 Å². The summed E-state index contributed by atoms with van der Waals surface area (Å²) in [6.45, 7) is 0.639. The largest absolute Gasteiger partial charge is 0.330 e. The second-order valence-corrected chi connectivity index (χ2v) is 3.20. The van der Waals surface area contributed by atoms with Gasteiger partial charge in [0.15, 0.2) is 0 Å². The summed E-state index contributed by atoms with van der Waals surface area (Å²) < 4.78 is 0. The predicted molar refractivity (Wildman–Crippen MR) is 52.7 cm³/mol. The molecule has 0 atom stereocenters. The van der Waals surface area contributed by atoms with E-state index in [0.29, 0.717) is 6.54 Å². The standard InChI is InChI=1S/C9H13N5/c10-2-1-9-8(6-13-14-9)3-7-4-11-12-5-7/h4-6H,1-3,10H2,(H,11,12)(H,13,14). The molecule has 0 spiro atoms. The number of H-pyrrole nitrogens is 2. The van der Waals surface area contributed by atoms with Crippen molar-refractivity contribution in [1.29, 1.82) is 0 Å². The van der Waals surface area contributed by atoms with Gasteiger partial charge in [0.2, 0.25) is 0 Å². The predicted octanol–water partition coefficient (Wildman–Crippen LogP) is 0.225. The molecule has 5 heteroatoms. The Labute approximate surface area is 81.7 Å². The summed E-state index contributed by atoms with van der Waals surface area (Å²) in [6, 6.07) is 0. The van der Waals surface area contributed by atoms with E-state index in [1.807, 2.05) is 18.6 Å². The number of hydrogen-bond acceptors (Lipinski definition) is 3. The van der Waals surface area contributed by atoms with E-state index in [-0.39, 0.29) is 0 Å². The third-order valence-corrected chi connectivity index (χ3v) is 2.15. The molecule has 0 bridgehead atoms. The van der Waals surface area contributed by atoms with Crippen LogP contribution in [0, 0.1) is 0 Å². The van der Waals surface area contributed by atoms with Gasteiger partial charge >= 0.3 is 0 Å². The Morgan fingerprint density at radius 3 is 2.93 bits per heavy atom. The number of nitrogens with two attached hydrogens (primary N) is 1. The monoisotopic (exact) mass is 191 g/mol. The number of aromatic amines is 2. The minimum Gasteiger partial charge on any atom is -0.330 e. The van der Waals surface area contributed by atoms with Crippen LogP contribution in [0.5, 0.6) is 0 Å². The molecule has 0 aliphatic carbocycles. The van der Waals surface area contributed by atoms with Gasteiger partial charge in [0, 0.05) is 24.7 Å². The van der Waals surface area contributed by atoms with Crippen LogP contribution in [-0.4, -0.2) is 26.9 Å². The zero-order valence-corrected chi connectivity index (χ0v) is 7.83. The van der Waals surface area contributed by atoms with Gasteiger partial charge in [-0.3, -0.25) is 10.2 Å². The molecule has 0 amide bonds. The van der Waals surface area contributed by atoms with Gasteiger partial charge in [-0.1, -0.05) is 0 Å². The minimum atomic E-state index is 0.639. The Balaban J connectivity index is 2.12. The zero-order chi connectivity index (χ0) is 9.80. The fourth-order valence-electron chi connectivity index (χ4n) is 1.45. The quantitative estimate of drug-likeness (QED) is 0.646. The normalized spacial score (nSPS) is 10.6. The van der Waals surface area contributed by atoms with Gasteiger partial charge in [-0.05, 0) is 17.7 Å². The Morgan fingerprint density at radius 1 is 1.29 bits per heavy atom. The summed E-state index contributed by atoms with van der Waals surface area (Å²) in [6.07, 6.45) is 7.24. The summed E-state index contributed by atoms with van der Waals surface area (Å²) in [4.78, 5) is 0. The molecule has 2 aromatic rings. The molecule has 5 nitrogen and oxygen atoms in total. The molecule has 0 unspecified atom stereocenters. The molecular formula is C9H13N5. The zero-order valence-electron chi connectivity index (χ0n) is 7.83. The van der Waals surface area contributed by atoms with Crippen LogP contribution < -0.4 is 5.73 Å². The first-order valence-electron chi connectivity index (χ1n) is 4.59. The van der Waals surface area contributed by atoms with Crippen molar-refractivity contribution in [2.75, 3.05) is 6.54 Å². The maximum absolute atomic E-state index is 5.50. The van der Waals surface area contributed by atoms with E-state index < -0.39 is 0 Å². The van der Waals surface area contributed by atoms with Crippen LogP contribution in [0.2, 0.25) is 0 Å². The second kappa shape index (κ2) is 4.06. The number of nitrogens with one attached hydrogen (secondary N) is 2. The molecular weight excluding hydrogens is 178 g/mol. The average molecular weight is 191 g/mol. The van der Waals surface area contributed by atoms with Crippen molar-refractivity contribution in [3.8, 4) is 0 Å². The summed E-state index contributed by atoms with van der Waals surface area (Å²) in [5, 5.41) is 13.7. The SMILES string of the molecule is NCCc1[nH]ncc1Cc1cn[nH]c1. The van der Waals surface area contributed by atoms with Gasteiger partial charge < -0.3 is 5.73 Å². The fraction of sp³-hybridized carbons (Fsp3) is 0.333. The van der Waals surface area contributed by atoms with Crippen molar-refractivity contribution in [1.82, 2.24) is 20.4 Å². The van der Waals surface area contributed by atoms with Crippen LogP contribution in [0.25, 0.3) is 0 Å². The Hall–Kier alpha value is -1.62. The van der Waals surface area contributed by atoms with E-state index >= 15 is 0 Å². The molecule has 14 heavy (non-hydrogen) atoms. The molecule has 2 aromatic heterocycles. The van der Waals surface area contributed by atoms with Crippen LogP contribution in [0.4, 0.5) is 0 Å². The van der Waals surface area contributed by atoms with Crippen molar-refractivity contribution in [3.63, 3.8) is 0 Å². The Bertz CT molecular complexity index is 376. The lowest BCUT2D eigenvalue weighted by Crippen LogP contribution is -2.05. The maximum atomic E-state index is 5.50. The highest BCUT2D eigenvalue weighted by molar-refractivity contribution is 5.24. The molecule has 0 aliphatic rings. The van der Waals surface area contributed by atoms with E-state index in [1.54, 1.807) is 0 Å². The third-order valence-electron chi connectivity index (χ3n) is 2.15. The van der Waals surface area contributed by atoms with Crippen molar-refractivity contribution in [3.05, 3.63) is 35.4 Å². The van der Waals surface area contributed by atoms with Crippen LogP contribution in [-0.2, 0) is 12.8 Å². The smallest absolute Gasteiger partial charge is 0.0525 e. The molecule has 0 fully saturated rings. The van der Waals surface area contributed by atoms with Gasteiger partial charge in [-0.2, -0.15) is 10.2 Å². The van der Waals surface area contributed by atoms with Crippen molar-refractivity contribution in [2.24, 2.45) is 5.73 Å². The Morgan fingerprint density at radius 2 is 2.21 bits per heavy atom. The van der Waals surface area contributed by atoms with Gasteiger partial charge in [-0.15, -0.1) is 0 Å². The molecule has 2 heterocycles. The molecule has 2 rings (SSSR count). The number of nitrogens with zero attached hydrogens (tertiary/aromatic N) is 2. The lowest BCUT2D eigenvalue weighted by molar-refractivity contribution is 0.890. The first-order chi connectivity index (χ1) is 6.90. The molecule has 0 aromatic carbocycles. The lowest BCUT2D eigenvalue weighted by atomic mass is 10.1. The molecule has 0 aliphatic heterocycles. The highest BCUT2D eigenvalue weighted by Crippen LogP contribution is 2.10. The first-order valence-corrected chi connectivity index (χ1v) is 4.59. The molecule has 0 saturated heterocycles. The lowest BCUT2D eigenvalue weighted by Gasteiger charge is -1.98. The van der Waals surface area contributed by atoms with Crippen LogP contribution in [0.3, 0.4) is 0 Å². The number of aromatic nitrogens is 4. The summed E-state index contributed by atoms with van der Waals surface area (Å²) >= 11 is 0. The van der Waals surface area contributed by atoms with Crippen LogP contribution in [0.1, 0.15) is 16.8 Å². The number of rotatable bonds is 4. The van der Waals surface area contributed by atoms with E-state index in [9.17, 15) is 0 Å². The molecule has 74 valence electrons. The topological polar surface area (TPSA) is 83.4 Å².